The number of aliphatic hydroxyl groups excluding tert-OH is 1. The van der Waals surface area contributed by atoms with E-state index in [1.807, 2.05) is 6.92 Å². The number of hydrogen-bond acceptors (Lipinski definition) is 1. The van der Waals surface area contributed by atoms with Gasteiger partial charge in [0.05, 0.1) is 6.10 Å². The Labute approximate surface area is 93.1 Å². The van der Waals surface area contributed by atoms with E-state index < -0.39 is 0 Å². The van der Waals surface area contributed by atoms with Crippen LogP contribution in [0.3, 0.4) is 0 Å². The van der Waals surface area contributed by atoms with Crippen molar-refractivity contribution in [3.05, 3.63) is 35.9 Å². The highest BCUT2D eigenvalue weighted by molar-refractivity contribution is 5.14. The van der Waals surface area contributed by atoms with E-state index in [1.165, 1.54) is 31.2 Å². The van der Waals surface area contributed by atoms with Crippen molar-refractivity contribution in [2.75, 3.05) is 0 Å². The number of hydrogen-bond donors (Lipinski definition) is 1. The molecule has 0 fully saturated rings. The molecule has 1 rings (SSSR count). The predicted molar refractivity (Wildman–Crippen MR) is 64.9 cm³/mol. The fourth-order valence-electron chi connectivity index (χ4n) is 1.77. The van der Waals surface area contributed by atoms with Crippen LogP contribution in [-0.2, 0) is 6.42 Å². The second kappa shape index (κ2) is 7.47. The van der Waals surface area contributed by atoms with Crippen molar-refractivity contribution >= 4 is 0 Å². The van der Waals surface area contributed by atoms with Gasteiger partial charge in [0.15, 0.2) is 0 Å². The van der Waals surface area contributed by atoms with Crippen molar-refractivity contribution in [3.63, 3.8) is 0 Å². The zero-order chi connectivity index (χ0) is 10.9. The fourth-order valence-corrected chi connectivity index (χ4v) is 1.77. The summed E-state index contributed by atoms with van der Waals surface area (Å²) in [5, 5.41) is 9.09. The summed E-state index contributed by atoms with van der Waals surface area (Å²) in [4.78, 5) is 0. The zero-order valence-corrected chi connectivity index (χ0v) is 9.65. The van der Waals surface area contributed by atoms with E-state index in [9.17, 15) is 0 Å². The molecule has 0 aliphatic carbocycles. The van der Waals surface area contributed by atoms with Crippen LogP contribution in [0.4, 0.5) is 0 Å². The third kappa shape index (κ3) is 6.29. The molecule has 0 unspecified atom stereocenters. The van der Waals surface area contributed by atoms with Crippen LogP contribution in [0.1, 0.15) is 44.6 Å². The Morgan fingerprint density at radius 1 is 1.00 bits per heavy atom. The Balaban J connectivity index is 1.98. The van der Waals surface area contributed by atoms with Gasteiger partial charge in [-0.2, -0.15) is 0 Å². The zero-order valence-electron chi connectivity index (χ0n) is 9.65. The number of benzene rings is 1. The average molecular weight is 206 g/mol. The summed E-state index contributed by atoms with van der Waals surface area (Å²) in [5.41, 5.74) is 1.44. The topological polar surface area (TPSA) is 20.2 Å². The summed E-state index contributed by atoms with van der Waals surface area (Å²) in [6.45, 7) is 1.87. The minimum absolute atomic E-state index is 0.126. The normalized spacial score (nSPS) is 12.7. The number of rotatable bonds is 7. The second-order valence-electron chi connectivity index (χ2n) is 4.29. The van der Waals surface area contributed by atoms with Gasteiger partial charge in [0, 0.05) is 0 Å². The maximum absolute atomic E-state index is 9.09. The van der Waals surface area contributed by atoms with Gasteiger partial charge in [0.2, 0.25) is 0 Å². The Kier molecular flexibility index (Phi) is 6.10. The van der Waals surface area contributed by atoms with Crippen molar-refractivity contribution in [2.24, 2.45) is 0 Å². The first kappa shape index (κ1) is 12.3. The first-order chi connectivity index (χ1) is 7.29. The third-order valence-electron chi connectivity index (χ3n) is 2.68. The fraction of sp³-hybridized carbons (Fsp3) is 0.571. The molecular weight excluding hydrogens is 184 g/mol. The summed E-state index contributed by atoms with van der Waals surface area (Å²) in [5.74, 6) is 0. The molecule has 0 heterocycles. The van der Waals surface area contributed by atoms with Crippen LogP contribution < -0.4 is 0 Å². The Bertz CT molecular complexity index is 241. The van der Waals surface area contributed by atoms with Gasteiger partial charge >= 0.3 is 0 Å². The van der Waals surface area contributed by atoms with E-state index in [0.717, 1.165) is 12.8 Å². The number of aliphatic hydroxyl groups is 1. The molecule has 0 aliphatic heterocycles. The highest BCUT2D eigenvalue weighted by atomic mass is 16.3. The SMILES string of the molecule is C[C@H](O)CCCCCCc1ccccc1. The van der Waals surface area contributed by atoms with Crippen LogP contribution in [0.5, 0.6) is 0 Å². The van der Waals surface area contributed by atoms with Crippen LogP contribution in [0.15, 0.2) is 30.3 Å². The number of unbranched alkanes of at least 4 members (excludes halogenated alkanes) is 3. The van der Waals surface area contributed by atoms with Crippen LogP contribution in [-0.4, -0.2) is 11.2 Å². The highest BCUT2D eigenvalue weighted by Gasteiger charge is 1.96. The summed E-state index contributed by atoms with van der Waals surface area (Å²) < 4.78 is 0. The molecule has 0 saturated heterocycles. The molecule has 1 aromatic rings. The van der Waals surface area contributed by atoms with E-state index in [1.54, 1.807) is 0 Å². The maximum Gasteiger partial charge on any atom is 0.0512 e. The van der Waals surface area contributed by atoms with Crippen LogP contribution in [0.2, 0.25) is 0 Å². The van der Waals surface area contributed by atoms with E-state index >= 15 is 0 Å². The van der Waals surface area contributed by atoms with Gasteiger partial charge in [0.25, 0.3) is 0 Å². The van der Waals surface area contributed by atoms with E-state index in [2.05, 4.69) is 30.3 Å². The number of aryl methyl sites for hydroxylation is 1. The van der Waals surface area contributed by atoms with Gasteiger partial charge in [-0.15, -0.1) is 0 Å². The van der Waals surface area contributed by atoms with E-state index in [-0.39, 0.29) is 6.10 Å². The Morgan fingerprint density at radius 2 is 1.67 bits per heavy atom. The first-order valence-electron chi connectivity index (χ1n) is 6.01. The van der Waals surface area contributed by atoms with Crippen LogP contribution >= 0.6 is 0 Å². The van der Waals surface area contributed by atoms with Crippen molar-refractivity contribution in [3.8, 4) is 0 Å². The molecule has 1 N–H and O–H groups in total. The summed E-state index contributed by atoms with van der Waals surface area (Å²) in [6, 6.07) is 10.6. The molecule has 0 aromatic heterocycles. The van der Waals surface area contributed by atoms with Gasteiger partial charge < -0.3 is 5.11 Å². The van der Waals surface area contributed by atoms with Gasteiger partial charge in [-0.25, -0.2) is 0 Å². The lowest BCUT2D eigenvalue weighted by Gasteiger charge is -2.04. The van der Waals surface area contributed by atoms with Crippen molar-refractivity contribution in [2.45, 2.75) is 51.6 Å². The monoisotopic (exact) mass is 206 g/mol. The Morgan fingerprint density at radius 3 is 2.33 bits per heavy atom. The van der Waals surface area contributed by atoms with E-state index in [4.69, 9.17) is 5.11 Å². The molecule has 1 aromatic carbocycles. The molecule has 0 aliphatic rings. The van der Waals surface area contributed by atoms with Crippen LogP contribution in [0.25, 0.3) is 0 Å². The standard InChI is InChI=1S/C14H22O/c1-13(15)9-5-2-3-6-10-14-11-7-4-8-12-14/h4,7-8,11-13,15H,2-3,5-6,9-10H2,1H3/t13-/m0/s1. The summed E-state index contributed by atoms with van der Waals surface area (Å²) in [7, 11) is 0. The molecule has 0 amide bonds. The Hall–Kier alpha value is -0.820. The first-order valence-corrected chi connectivity index (χ1v) is 6.01. The van der Waals surface area contributed by atoms with Gasteiger partial charge in [-0.05, 0) is 31.7 Å². The molecule has 1 nitrogen and oxygen atoms in total. The molecule has 15 heavy (non-hydrogen) atoms. The molecule has 1 heteroatoms. The summed E-state index contributed by atoms with van der Waals surface area (Å²) >= 11 is 0. The van der Waals surface area contributed by atoms with Crippen molar-refractivity contribution in [1.29, 1.82) is 0 Å². The van der Waals surface area contributed by atoms with Gasteiger partial charge in [0.1, 0.15) is 0 Å². The molecular formula is C14H22O. The summed E-state index contributed by atoms with van der Waals surface area (Å²) in [6.07, 6.45) is 6.97. The quantitative estimate of drug-likeness (QED) is 0.676. The van der Waals surface area contributed by atoms with Crippen molar-refractivity contribution < 1.29 is 5.11 Å². The smallest absolute Gasteiger partial charge is 0.0512 e. The molecule has 0 radical (unpaired) electrons. The molecule has 0 saturated carbocycles. The van der Waals surface area contributed by atoms with Crippen LogP contribution in [0, 0.1) is 0 Å². The molecule has 1 atom stereocenters. The molecule has 0 spiro atoms. The molecule has 0 bridgehead atoms. The van der Waals surface area contributed by atoms with Gasteiger partial charge in [-0.3, -0.25) is 0 Å². The largest absolute Gasteiger partial charge is 0.393 e. The van der Waals surface area contributed by atoms with E-state index in [0.29, 0.717) is 0 Å². The predicted octanol–water partition coefficient (Wildman–Crippen LogP) is 3.56. The lowest BCUT2D eigenvalue weighted by molar-refractivity contribution is 0.180. The second-order valence-corrected chi connectivity index (χ2v) is 4.29. The minimum Gasteiger partial charge on any atom is -0.393 e. The highest BCUT2D eigenvalue weighted by Crippen LogP contribution is 2.09. The maximum atomic E-state index is 9.09. The third-order valence-corrected chi connectivity index (χ3v) is 2.68. The lowest BCUT2D eigenvalue weighted by Crippen LogP contribution is -1.98. The van der Waals surface area contributed by atoms with Gasteiger partial charge in [-0.1, -0.05) is 49.6 Å². The average Bonchev–Trinajstić information content (AvgIpc) is 2.24. The van der Waals surface area contributed by atoms with Crippen molar-refractivity contribution in [1.82, 2.24) is 0 Å². The lowest BCUT2D eigenvalue weighted by atomic mass is 10.0. The minimum atomic E-state index is -0.126. The molecule has 84 valence electrons.